The van der Waals surface area contributed by atoms with Gasteiger partial charge in [-0.05, 0) is 43.2 Å². The average molecular weight is 525 g/mol. The van der Waals surface area contributed by atoms with E-state index in [1.165, 1.54) is 24.4 Å². The summed E-state index contributed by atoms with van der Waals surface area (Å²) in [6, 6.07) is 8.01. The fourth-order valence-corrected chi connectivity index (χ4v) is 3.75. The molecule has 0 spiro atoms. The van der Waals surface area contributed by atoms with Crippen molar-refractivity contribution < 1.29 is 79.3 Å². The number of urea groups is 1. The molecule has 1 N–H and O–H groups in total. The Balaban J connectivity index is 0.000000694. The SMILES string of the molecule is CC(C)(C)[O-].N#Cc1ccc(C2NC(=O)N(c3cccc(C(F)(F)F)c3)C3=C2C(=O)CCC3)nc1.[K+]. The summed E-state index contributed by atoms with van der Waals surface area (Å²) in [6.45, 7) is 4.90. The number of pyridine rings is 1. The summed E-state index contributed by atoms with van der Waals surface area (Å²) in [5.74, 6) is -0.190. The maximum Gasteiger partial charge on any atom is 1.00 e. The van der Waals surface area contributed by atoms with Gasteiger partial charge in [-0.25, -0.2) is 4.79 Å². The van der Waals surface area contributed by atoms with E-state index in [-0.39, 0.29) is 69.3 Å². The van der Waals surface area contributed by atoms with Gasteiger partial charge in [0.15, 0.2) is 5.78 Å². The number of allylic oxidation sites excluding steroid dienone is 1. The van der Waals surface area contributed by atoms with Crippen LogP contribution in [-0.4, -0.2) is 22.4 Å². The molecule has 2 aromatic rings. The van der Waals surface area contributed by atoms with Crippen molar-refractivity contribution >= 4 is 17.5 Å². The van der Waals surface area contributed by atoms with Crippen LogP contribution >= 0.6 is 0 Å². The first-order chi connectivity index (χ1) is 16.3. The zero-order valence-corrected chi connectivity index (χ0v) is 23.6. The van der Waals surface area contributed by atoms with Gasteiger partial charge >= 0.3 is 63.6 Å². The van der Waals surface area contributed by atoms with Crippen molar-refractivity contribution in [1.29, 1.82) is 5.26 Å². The standard InChI is InChI=1S/C21H15F3N4O2.C4H9O.K/c22-21(23,24)13-3-1-4-14(9-13)28-16-5-2-6-17(29)18(16)19(27-20(28)30)15-8-7-12(10-25)11-26-15;1-4(2,3)5;/h1,3-4,7-9,11,19H,2,5-6H2,(H,27,30);1-3H3;/q;-1;+1. The maximum atomic E-state index is 13.2. The van der Waals surface area contributed by atoms with Gasteiger partial charge in [-0.15, -0.1) is 5.60 Å². The number of aromatic nitrogens is 1. The number of rotatable bonds is 2. The van der Waals surface area contributed by atoms with Crippen molar-refractivity contribution in [2.75, 3.05) is 4.90 Å². The molecular formula is C25H24F3KN4O3. The molecule has 36 heavy (non-hydrogen) atoms. The second kappa shape index (κ2) is 12.0. The zero-order chi connectivity index (χ0) is 26.0. The van der Waals surface area contributed by atoms with Crippen LogP contribution in [0.3, 0.4) is 0 Å². The summed E-state index contributed by atoms with van der Waals surface area (Å²) >= 11 is 0. The fourth-order valence-electron chi connectivity index (χ4n) is 3.75. The molecule has 2 aliphatic rings. The average Bonchev–Trinajstić information content (AvgIpc) is 2.77. The Morgan fingerprint density at radius 3 is 2.36 bits per heavy atom. The van der Waals surface area contributed by atoms with Gasteiger partial charge in [0.1, 0.15) is 12.1 Å². The van der Waals surface area contributed by atoms with Crippen LogP contribution in [0.25, 0.3) is 0 Å². The third-order valence-electron chi connectivity index (χ3n) is 5.10. The van der Waals surface area contributed by atoms with E-state index in [0.29, 0.717) is 35.4 Å². The predicted octanol–water partition coefficient (Wildman–Crippen LogP) is 1.40. The molecule has 1 aromatic heterocycles. The molecular weight excluding hydrogens is 500 g/mol. The van der Waals surface area contributed by atoms with Crippen molar-refractivity contribution in [1.82, 2.24) is 10.3 Å². The van der Waals surface area contributed by atoms with Gasteiger partial charge in [-0.3, -0.25) is 14.7 Å². The zero-order valence-electron chi connectivity index (χ0n) is 20.4. The maximum absolute atomic E-state index is 13.2. The van der Waals surface area contributed by atoms with Crippen LogP contribution in [0.1, 0.15) is 62.9 Å². The van der Waals surface area contributed by atoms with Crippen LogP contribution in [0, 0.1) is 11.3 Å². The smallest absolute Gasteiger partial charge is 0.850 e. The van der Waals surface area contributed by atoms with Crippen LogP contribution in [0.2, 0.25) is 0 Å². The second-order valence-electron chi connectivity index (χ2n) is 9.10. The number of benzene rings is 1. The van der Waals surface area contributed by atoms with E-state index < -0.39 is 29.4 Å². The quantitative estimate of drug-likeness (QED) is 0.598. The number of halogens is 3. The molecule has 2 amide bonds. The third kappa shape index (κ3) is 7.47. The van der Waals surface area contributed by atoms with Crippen molar-refractivity contribution in [3.8, 4) is 6.07 Å². The largest absolute Gasteiger partial charge is 1.00 e. The van der Waals surface area contributed by atoms with Crippen molar-refractivity contribution in [2.45, 2.75) is 57.9 Å². The van der Waals surface area contributed by atoms with Crippen LogP contribution in [0.5, 0.6) is 0 Å². The van der Waals surface area contributed by atoms with E-state index in [2.05, 4.69) is 10.3 Å². The first-order valence-corrected chi connectivity index (χ1v) is 10.9. The van der Waals surface area contributed by atoms with Crippen molar-refractivity contribution in [3.63, 3.8) is 0 Å². The molecule has 0 saturated heterocycles. The number of nitrogens with one attached hydrogen (secondary N) is 1. The van der Waals surface area contributed by atoms with Gasteiger partial charge in [0, 0.05) is 23.9 Å². The number of hydrogen-bond acceptors (Lipinski definition) is 5. The van der Waals surface area contributed by atoms with E-state index in [9.17, 15) is 27.9 Å². The minimum Gasteiger partial charge on any atom is -0.850 e. The molecule has 1 unspecified atom stereocenters. The van der Waals surface area contributed by atoms with Crippen LogP contribution in [-0.2, 0) is 11.0 Å². The van der Waals surface area contributed by atoms with E-state index in [0.717, 1.165) is 17.0 Å². The number of nitriles is 1. The molecule has 2 heterocycles. The van der Waals surface area contributed by atoms with Gasteiger partial charge in [0.05, 0.1) is 22.5 Å². The number of amides is 2. The number of anilines is 1. The third-order valence-corrected chi connectivity index (χ3v) is 5.10. The van der Waals surface area contributed by atoms with Crippen molar-refractivity contribution in [2.24, 2.45) is 0 Å². The molecule has 7 nitrogen and oxygen atoms in total. The summed E-state index contributed by atoms with van der Waals surface area (Å²) in [5, 5.41) is 21.7. The molecule has 11 heteroatoms. The van der Waals surface area contributed by atoms with Gasteiger partial charge in [-0.1, -0.05) is 26.8 Å². The van der Waals surface area contributed by atoms with Gasteiger partial charge in [0.25, 0.3) is 0 Å². The summed E-state index contributed by atoms with van der Waals surface area (Å²) in [7, 11) is 0. The van der Waals surface area contributed by atoms with Gasteiger partial charge in [-0.2, -0.15) is 18.4 Å². The van der Waals surface area contributed by atoms with Crippen LogP contribution in [0.4, 0.5) is 23.7 Å². The number of hydrogen-bond donors (Lipinski definition) is 1. The molecule has 184 valence electrons. The van der Waals surface area contributed by atoms with E-state index in [1.807, 2.05) is 6.07 Å². The molecule has 4 rings (SSSR count). The minimum atomic E-state index is -4.56. The number of carbonyl (C=O) groups excluding carboxylic acids is 2. The van der Waals surface area contributed by atoms with Crippen molar-refractivity contribution in [3.05, 3.63) is 70.7 Å². The number of carbonyl (C=O) groups is 2. The fraction of sp³-hybridized carbons (Fsp3) is 0.360. The normalized spacial score (nSPS) is 17.7. The molecule has 1 aliphatic carbocycles. The number of alkyl halides is 3. The number of Topliss-reactive ketones (excluding diaryl/α,β-unsaturated/α-hetero) is 1. The second-order valence-corrected chi connectivity index (χ2v) is 9.10. The molecule has 1 aromatic carbocycles. The molecule has 0 fully saturated rings. The van der Waals surface area contributed by atoms with Crippen LogP contribution < -0.4 is 66.7 Å². The van der Waals surface area contributed by atoms with Crippen LogP contribution in [0.15, 0.2) is 53.9 Å². The van der Waals surface area contributed by atoms with Gasteiger partial charge in [0.2, 0.25) is 0 Å². The Morgan fingerprint density at radius 2 is 1.81 bits per heavy atom. The summed E-state index contributed by atoms with van der Waals surface area (Å²) in [6.07, 6.45) is -2.08. The first kappa shape index (κ1) is 30.2. The molecule has 1 atom stereocenters. The molecule has 0 radical (unpaired) electrons. The summed E-state index contributed by atoms with van der Waals surface area (Å²) in [5.41, 5.74) is -0.186. The topological polar surface area (TPSA) is 109 Å². The number of ketones is 1. The molecule has 0 bridgehead atoms. The summed E-state index contributed by atoms with van der Waals surface area (Å²) in [4.78, 5) is 31.0. The first-order valence-electron chi connectivity index (χ1n) is 10.9. The van der Waals surface area contributed by atoms with E-state index in [1.54, 1.807) is 26.8 Å². The Kier molecular flexibility index (Phi) is 10.0. The Morgan fingerprint density at radius 1 is 1.14 bits per heavy atom. The Bertz CT molecular complexity index is 1190. The van der Waals surface area contributed by atoms with E-state index in [4.69, 9.17) is 5.26 Å². The summed E-state index contributed by atoms with van der Waals surface area (Å²) < 4.78 is 39.5. The molecule has 1 aliphatic heterocycles. The Hall–Kier alpha value is -2.07. The van der Waals surface area contributed by atoms with Gasteiger partial charge < -0.3 is 10.4 Å². The molecule has 0 saturated carbocycles. The van der Waals surface area contributed by atoms with E-state index >= 15 is 0 Å². The monoisotopic (exact) mass is 524 g/mol. The minimum absolute atomic E-state index is 0. The Labute approximate surface area is 249 Å². The number of nitrogens with zero attached hydrogens (tertiary/aromatic N) is 3. The predicted molar refractivity (Wildman–Crippen MR) is 120 cm³/mol.